The van der Waals surface area contributed by atoms with Crippen LogP contribution in [0.15, 0.2) is 47.5 Å². The van der Waals surface area contributed by atoms with Crippen molar-refractivity contribution in [2.75, 3.05) is 5.75 Å². The molecule has 0 radical (unpaired) electrons. The van der Waals surface area contributed by atoms with E-state index in [0.29, 0.717) is 22.1 Å². The fraction of sp³-hybridized carbons (Fsp3) is 0.188. The van der Waals surface area contributed by atoms with E-state index < -0.39 is 20.9 Å². The molecule has 2 aromatic carbocycles. The maximum absolute atomic E-state index is 14.3. The van der Waals surface area contributed by atoms with Gasteiger partial charge < -0.3 is 5.43 Å². The highest BCUT2D eigenvalue weighted by molar-refractivity contribution is 7.91. The number of hydrazine groups is 1. The highest BCUT2D eigenvalue weighted by Gasteiger charge is 2.34. The number of amidine groups is 1. The summed E-state index contributed by atoms with van der Waals surface area (Å²) < 4.78 is 40.1. The Morgan fingerprint density at radius 1 is 1.21 bits per heavy atom. The Morgan fingerprint density at radius 3 is 2.67 bits per heavy atom. The van der Waals surface area contributed by atoms with Crippen LogP contribution in [0.1, 0.15) is 22.8 Å². The summed E-state index contributed by atoms with van der Waals surface area (Å²) in [6.07, 6.45) is 0.117. The van der Waals surface area contributed by atoms with E-state index in [1.54, 1.807) is 18.2 Å². The van der Waals surface area contributed by atoms with Crippen molar-refractivity contribution in [3.63, 3.8) is 0 Å². The predicted octanol–water partition coefficient (Wildman–Crippen LogP) is 2.88. The molecular weight excluding hydrogens is 353 g/mol. The van der Waals surface area contributed by atoms with Gasteiger partial charge in [-0.25, -0.2) is 23.6 Å². The average Bonchev–Trinajstić information content (AvgIpc) is 2.54. The second-order valence-corrected chi connectivity index (χ2v) is 8.07. The van der Waals surface area contributed by atoms with Crippen LogP contribution in [0.25, 0.3) is 0 Å². The number of hydrogen-bond donors (Lipinski definition) is 2. The average molecular weight is 368 g/mol. The van der Waals surface area contributed by atoms with Crippen LogP contribution in [0, 0.1) is 5.82 Å². The van der Waals surface area contributed by atoms with E-state index in [1.165, 1.54) is 24.3 Å². The Morgan fingerprint density at radius 2 is 1.96 bits per heavy atom. The number of nitrogens with zero attached hydrogens (tertiary/aromatic N) is 1. The van der Waals surface area contributed by atoms with E-state index in [-0.39, 0.29) is 17.7 Å². The molecular formula is C16H15ClFN3O2S. The summed E-state index contributed by atoms with van der Waals surface area (Å²) in [6, 6.07) is 10.5. The number of nitrogens with two attached hydrogens (primary N) is 1. The lowest BCUT2D eigenvalue weighted by molar-refractivity contribution is 0.577. The van der Waals surface area contributed by atoms with E-state index in [4.69, 9.17) is 17.4 Å². The van der Waals surface area contributed by atoms with Gasteiger partial charge in [0.2, 0.25) is 0 Å². The molecule has 1 aliphatic heterocycles. The highest BCUT2D eigenvalue weighted by atomic mass is 35.5. The van der Waals surface area contributed by atoms with Crippen LogP contribution >= 0.6 is 11.6 Å². The summed E-state index contributed by atoms with van der Waals surface area (Å²) in [7, 11) is -3.71. The molecule has 0 bridgehead atoms. The van der Waals surface area contributed by atoms with E-state index in [9.17, 15) is 12.8 Å². The smallest absolute Gasteiger partial charge is 0.162 e. The van der Waals surface area contributed by atoms with Crippen molar-refractivity contribution in [1.29, 1.82) is 0 Å². The van der Waals surface area contributed by atoms with Crippen LogP contribution in [0.2, 0.25) is 5.02 Å². The van der Waals surface area contributed by atoms with Gasteiger partial charge in [0.05, 0.1) is 11.4 Å². The molecule has 1 atom stereocenters. The summed E-state index contributed by atoms with van der Waals surface area (Å²) in [6.45, 7) is 0. The molecule has 8 heteroatoms. The second-order valence-electron chi connectivity index (χ2n) is 5.42. The van der Waals surface area contributed by atoms with Gasteiger partial charge in [0, 0.05) is 22.6 Å². The van der Waals surface area contributed by atoms with Gasteiger partial charge in [-0.1, -0.05) is 29.8 Å². The number of hydrogen-bond acceptors (Lipinski definition) is 5. The number of fused-ring (bicyclic) bond motifs is 1. The summed E-state index contributed by atoms with van der Waals surface area (Å²) in [5, 5.41) is -0.821. The van der Waals surface area contributed by atoms with Crippen molar-refractivity contribution in [3.8, 4) is 0 Å². The van der Waals surface area contributed by atoms with Crippen LogP contribution in [-0.4, -0.2) is 20.0 Å². The minimum Gasteiger partial charge on any atom is -0.312 e. The molecule has 2 aromatic rings. The van der Waals surface area contributed by atoms with Crippen molar-refractivity contribution in [2.24, 2.45) is 10.8 Å². The number of aliphatic imine (C=N–C) groups is 1. The third-order valence-corrected chi connectivity index (χ3v) is 6.10. The van der Waals surface area contributed by atoms with E-state index in [1.807, 2.05) is 0 Å². The molecule has 3 N–H and O–H groups in total. The summed E-state index contributed by atoms with van der Waals surface area (Å²) in [5.41, 5.74) is 3.22. The van der Waals surface area contributed by atoms with Crippen LogP contribution in [0.5, 0.6) is 0 Å². The predicted molar refractivity (Wildman–Crippen MR) is 92.5 cm³/mol. The first kappa shape index (κ1) is 16.9. The highest BCUT2D eigenvalue weighted by Crippen LogP contribution is 2.40. The van der Waals surface area contributed by atoms with Crippen molar-refractivity contribution in [2.45, 2.75) is 11.7 Å². The lowest BCUT2D eigenvalue weighted by Crippen LogP contribution is -2.33. The number of rotatable bonds is 1. The molecule has 0 aromatic heterocycles. The SMILES string of the molecule is NNC1=Nc2ccc(Cl)cc2C(c2ccccc2F)S(=O)(=O)CC1. The van der Waals surface area contributed by atoms with Gasteiger partial charge in [0.1, 0.15) is 16.9 Å². The molecule has 0 spiro atoms. The van der Waals surface area contributed by atoms with E-state index >= 15 is 0 Å². The monoisotopic (exact) mass is 367 g/mol. The van der Waals surface area contributed by atoms with E-state index in [0.717, 1.165) is 0 Å². The van der Waals surface area contributed by atoms with Crippen molar-refractivity contribution < 1.29 is 12.8 Å². The Hall–Kier alpha value is -1.96. The van der Waals surface area contributed by atoms with Gasteiger partial charge in [-0.15, -0.1) is 0 Å². The standard InChI is InChI=1S/C16H15ClFN3O2S/c17-10-5-6-14-12(9-10)16(11-3-1-2-4-13(11)18)24(22,23)8-7-15(20-14)21-19/h1-6,9,16H,7-8,19H2,(H,20,21). The first-order valence-electron chi connectivity index (χ1n) is 7.22. The van der Waals surface area contributed by atoms with Gasteiger partial charge in [0.15, 0.2) is 9.84 Å². The molecule has 0 saturated carbocycles. The largest absolute Gasteiger partial charge is 0.312 e. The zero-order valence-electron chi connectivity index (χ0n) is 12.5. The van der Waals surface area contributed by atoms with Gasteiger partial charge in [0.25, 0.3) is 0 Å². The normalized spacial score (nSPS) is 19.6. The molecule has 0 saturated heterocycles. The summed E-state index contributed by atoms with van der Waals surface area (Å²) in [4.78, 5) is 4.36. The quantitative estimate of drug-likeness (QED) is 0.599. The minimum absolute atomic E-state index is 0.0837. The van der Waals surface area contributed by atoms with Crippen LogP contribution in [0.3, 0.4) is 0 Å². The number of benzene rings is 2. The van der Waals surface area contributed by atoms with Gasteiger partial charge >= 0.3 is 0 Å². The summed E-state index contributed by atoms with van der Waals surface area (Å²) in [5.74, 6) is 4.96. The van der Waals surface area contributed by atoms with Crippen LogP contribution in [-0.2, 0) is 9.84 Å². The fourth-order valence-electron chi connectivity index (χ4n) is 2.74. The molecule has 0 fully saturated rings. The van der Waals surface area contributed by atoms with Gasteiger partial charge in [-0.05, 0) is 24.3 Å². The van der Waals surface area contributed by atoms with Gasteiger partial charge in [-0.3, -0.25) is 0 Å². The zero-order valence-corrected chi connectivity index (χ0v) is 14.1. The molecule has 5 nitrogen and oxygen atoms in total. The van der Waals surface area contributed by atoms with Crippen molar-refractivity contribution >= 4 is 33.0 Å². The number of halogens is 2. The van der Waals surface area contributed by atoms with Gasteiger partial charge in [-0.2, -0.15) is 0 Å². The molecule has 126 valence electrons. The Bertz CT molecular complexity index is 915. The Kier molecular flexibility index (Phi) is 4.58. The second kappa shape index (κ2) is 6.51. The molecule has 24 heavy (non-hydrogen) atoms. The lowest BCUT2D eigenvalue weighted by Gasteiger charge is -2.23. The first-order valence-corrected chi connectivity index (χ1v) is 9.31. The van der Waals surface area contributed by atoms with Crippen LogP contribution in [0.4, 0.5) is 10.1 Å². The third kappa shape index (κ3) is 3.15. The Balaban J connectivity index is 2.32. The summed E-state index contributed by atoms with van der Waals surface area (Å²) >= 11 is 6.05. The molecule has 1 heterocycles. The Labute approximate surface area is 144 Å². The number of nitrogens with one attached hydrogen (secondary N) is 1. The van der Waals surface area contributed by atoms with Crippen molar-refractivity contribution in [1.82, 2.24) is 5.43 Å². The molecule has 1 aliphatic rings. The van der Waals surface area contributed by atoms with Crippen molar-refractivity contribution in [3.05, 3.63) is 64.4 Å². The molecule has 0 aliphatic carbocycles. The van der Waals surface area contributed by atoms with Crippen LogP contribution < -0.4 is 11.3 Å². The maximum Gasteiger partial charge on any atom is 0.162 e. The lowest BCUT2D eigenvalue weighted by atomic mass is 10.0. The fourth-order valence-corrected chi connectivity index (χ4v) is 4.79. The topological polar surface area (TPSA) is 84.5 Å². The van der Waals surface area contributed by atoms with E-state index in [2.05, 4.69) is 10.4 Å². The molecule has 1 unspecified atom stereocenters. The molecule has 0 amide bonds. The minimum atomic E-state index is -3.71. The zero-order chi connectivity index (χ0) is 17.3. The molecule has 3 rings (SSSR count). The maximum atomic E-state index is 14.3. The first-order chi connectivity index (χ1) is 11.4. The number of sulfone groups is 1. The third-order valence-electron chi connectivity index (χ3n) is 3.86.